The number of nitrogens with one attached hydrogen (secondary N) is 2. The van der Waals surface area contributed by atoms with E-state index in [9.17, 15) is 4.79 Å². The lowest BCUT2D eigenvalue weighted by Crippen LogP contribution is -2.15. The van der Waals surface area contributed by atoms with Crippen molar-refractivity contribution in [3.63, 3.8) is 0 Å². The van der Waals surface area contributed by atoms with Gasteiger partial charge in [0.15, 0.2) is 11.5 Å². The van der Waals surface area contributed by atoms with Crippen molar-refractivity contribution in [1.82, 2.24) is 9.97 Å². The average Bonchev–Trinajstić information content (AvgIpc) is 2.87. The zero-order chi connectivity index (χ0) is 24.5. The van der Waals surface area contributed by atoms with Gasteiger partial charge in [-0.05, 0) is 24.3 Å². The van der Waals surface area contributed by atoms with Gasteiger partial charge in [-0.15, -0.1) is 0 Å². The van der Waals surface area contributed by atoms with E-state index in [2.05, 4.69) is 30.6 Å². The van der Waals surface area contributed by atoms with Crippen LogP contribution < -0.4 is 21.1 Å². The quantitative estimate of drug-likeness (QED) is 0.250. The van der Waals surface area contributed by atoms with Crippen molar-refractivity contribution in [2.24, 2.45) is 15.7 Å². The Balaban J connectivity index is 2.03. The second kappa shape index (κ2) is 11.2. The number of amidine groups is 1. The number of pyridine rings is 2. The SMILES string of the molecule is CCC(=O)c1cnc(Nc2cccc(C#N)n2)cc1Nc1cccc(C(N)=NC=NC)c1OC. The van der Waals surface area contributed by atoms with Crippen LogP contribution in [-0.2, 0) is 0 Å². The van der Waals surface area contributed by atoms with Crippen LogP contribution in [0.15, 0.2) is 58.6 Å². The van der Waals surface area contributed by atoms with Gasteiger partial charge in [0.1, 0.15) is 35.6 Å². The highest BCUT2D eigenvalue weighted by atomic mass is 16.5. The normalized spacial score (nSPS) is 11.2. The van der Waals surface area contributed by atoms with Crippen LogP contribution in [0.1, 0.15) is 35.0 Å². The molecule has 0 radical (unpaired) electrons. The molecule has 2 aromatic heterocycles. The van der Waals surface area contributed by atoms with E-state index >= 15 is 0 Å². The van der Waals surface area contributed by atoms with Crippen molar-refractivity contribution in [1.29, 1.82) is 5.26 Å². The van der Waals surface area contributed by atoms with E-state index in [0.29, 0.717) is 46.3 Å². The smallest absolute Gasteiger partial charge is 0.166 e. The van der Waals surface area contributed by atoms with Gasteiger partial charge in [-0.2, -0.15) is 5.26 Å². The number of aromatic nitrogens is 2. The molecule has 0 unspecified atom stereocenters. The van der Waals surface area contributed by atoms with Gasteiger partial charge in [-0.1, -0.05) is 19.1 Å². The Morgan fingerprint density at radius 2 is 1.97 bits per heavy atom. The Labute approximate surface area is 197 Å². The number of rotatable bonds is 9. The zero-order valence-electron chi connectivity index (χ0n) is 19.0. The number of methoxy groups -OCH3 is 1. The van der Waals surface area contributed by atoms with Gasteiger partial charge < -0.3 is 21.1 Å². The van der Waals surface area contributed by atoms with Crippen molar-refractivity contribution >= 4 is 41.0 Å². The van der Waals surface area contributed by atoms with Crippen LogP contribution in [0.5, 0.6) is 5.75 Å². The summed E-state index contributed by atoms with van der Waals surface area (Å²) < 4.78 is 5.60. The molecule has 0 aliphatic rings. The van der Waals surface area contributed by atoms with Gasteiger partial charge in [-0.25, -0.2) is 15.0 Å². The number of ether oxygens (including phenoxy) is 1. The molecule has 0 spiro atoms. The molecule has 172 valence electrons. The number of Topliss-reactive ketones (excluding diaryl/α,β-unsaturated/α-hetero) is 1. The summed E-state index contributed by atoms with van der Waals surface area (Å²) in [5.74, 6) is 1.50. The molecule has 2 heterocycles. The van der Waals surface area contributed by atoms with Crippen LogP contribution in [0, 0.1) is 11.3 Å². The van der Waals surface area contributed by atoms with Crippen LogP contribution in [0.4, 0.5) is 23.0 Å². The first kappa shape index (κ1) is 23.9. The number of benzene rings is 1. The molecule has 0 aliphatic heterocycles. The van der Waals surface area contributed by atoms with Crippen LogP contribution in [0.3, 0.4) is 0 Å². The molecule has 0 saturated heterocycles. The summed E-state index contributed by atoms with van der Waals surface area (Å²) in [6.07, 6.45) is 3.15. The number of nitrogens with zero attached hydrogens (tertiary/aromatic N) is 5. The minimum absolute atomic E-state index is 0.0819. The Morgan fingerprint density at radius 3 is 2.68 bits per heavy atom. The molecule has 0 aliphatic carbocycles. The third-order valence-corrected chi connectivity index (χ3v) is 4.72. The van der Waals surface area contributed by atoms with Crippen LogP contribution in [0.2, 0.25) is 0 Å². The Hall–Kier alpha value is -4.78. The molecule has 4 N–H and O–H groups in total. The number of nitriles is 1. The van der Waals surface area contributed by atoms with Gasteiger partial charge >= 0.3 is 0 Å². The predicted molar refractivity (Wildman–Crippen MR) is 133 cm³/mol. The molecule has 10 nitrogen and oxygen atoms in total. The first-order valence-electron chi connectivity index (χ1n) is 10.4. The summed E-state index contributed by atoms with van der Waals surface area (Å²) in [5, 5.41) is 15.4. The highest BCUT2D eigenvalue weighted by molar-refractivity contribution is 6.06. The van der Waals surface area contributed by atoms with Gasteiger partial charge in [0.05, 0.1) is 29.6 Å². The van der Waals surface area contributed by atoms with E-state index in [0.717, 1.165) is 0 Å². The first-order valence-corrected chi connectivity index (χ1v) is 10.4. The predicted octanol–water partition coefficient (Wildman–Crippen LogP) is 3.80. The largest absolute Gasteiger partial charge is 0.494 e. The Morgan fingerprint density at radius 1 is 1.18 bits per heavy atom. The van der Waals surface area contributed by atoms with Crippen LogP contribution in [0.25, 0.3) is 0 Å². The standard InChI is InChI=1S/C24H24N8O2/c1-4-20(33)17-13-28-22(32-21-10-5-7-15(12-25)30-21)11-19(17)31-18-9-6-8-16(23(18)34-3)24(26)29-14-27-2/h5-11,13-14H,4H2,1-3H3,(H2,26,27,29)(H2,28,30,31,32). The molecule has 0 saturated carbocycles. The second-order valence-corrected chi connectivity index (χ2v) is 6.94. The average molecular weight is 457 g/mol. The summed E-state index contributed by atoms with van der Waals surface area (Å²) in [7, 11) is 3.12. The summed E-state index contributed by atoms with van der Waals surface area (Å²) in [6.45, 7) is 1.78. The highest BCUT2D eigenvalue weighted by Gasteiger charge is 2.17. The zero-order valence-corrected chi connectivity index (χ0v) is 19.0. The number of hydrogen-bond donors (Lipinski definition) is 3. The number of carbonyl (C=O) groups is 1. The van der Waals surface area contributed by atoms with Gasteiger partial charge in [0.2, 0.25) is 0 Å². The number of aliphatic imine (C=N–C) groups is 2. The monoisotopic (exact) mass is 456 g/mol. The van der Waals surface area contributed by atoms with Crippen molar-refractivity contribution in [2.45, 2.75) is 13.3 Å². The van der Waals surface area contributed by atoms with E-state index in [1.807, 2.05) is 6.07 Å². The topological polar surface area (TPSA) is 151 Å². The Bertz CT molecular complexity index is 1290. The highest BCUT2D eigenvalue weighted by Crippen LogP contribution is 2.33. The van der Waals surface area contributed by atoms with Gasteiger partial charge in [-0.3, -0.25) is 9.79 Å². The molecular formula is C24H24N8O2. The fourth-order valence-electron chi connectivity index (χ4n) is 3.13. The molecule has 10 heteroatoms. The Kier molecular flexibility index (Phi) is 7.86. The number of hydrogen-bond acceptors (Lipinski definition) is 8. The molecule has 0 fully saturated rings. The van der Waals surface area contributed by atoms with Crippen molar-refractivity contribution in [3.8, 4) is 11.8 Å². The lowest BCUT2D eigenvalue weighted by molar-refractivity contribution is 0.0988. The summed E-state index contributed by atoms with van der Waals surface area (Å²) in [4.78, 5) is 29.0. The van der Waals surface area contributed by atoms with Gasteiger partial charge in [0, 0.05) is 25.7 Å². The van der Waals surface area contributed by atoms with Gasteiger partial charge in [0.25, 0.3) is 0 Å². The molecule has 1 aromatic carbocycles. The molecule has 3 aromatic rings. The lowest BCUT2D eigenvalue weighted by atomic mass is 10.1. The third-order valence-electron chi connectivity index (χ3n) is 4.72. The van der Waals surface area contributed by atoms with E-state index in [4.69, 9.17) is 15.7 Å². The van der Waals surface area contributed by atoms with Crippen molar-refractivity contribution in [2.75, 3.05) is 24.8 Å². The van der Waals surface area contributed by atoms with Crippen molar-refractivity contribution in [3.05, 3.63) is 65.5 Å². The minimum Gasteiger partial charge on any atom is -0.494 e. The lowest BCUT2D eigenvalue weighted by Gasteiger charge is -2.17. The number of nitrogens with two attached hydrogens (primary N) is 1. The maximum Gasteiger partial charge on any atom is 0.166 e. The first-order chi connectivity index (χ1) is 16.5. The molecule has 3 rings (SSSR count). The number of para-hydroxylation sites is 1. The molecule has 0 atom stereocenters. The third kappa shape index (κ3) is 5.52. The fourth-order valence-corrected chi connectivity index (χ4v) is 3.13. The maximum absolute atomic E-state index is 12.6. The maximum atomic E-state index is 12.6. The second-order valence-electron chi connectivity index (χ2n) is 6.94. The van der Waals surface area contributed by atoms with E-state index in [1.54, 1.807) is 56.4 Å². The molecular weight excluding hydrogens is 432 g/mol. The number of carbonyl (C=O) groups excluding carboxylic acids is 1. The van der Waals surface area contributed by atoms with Crippen molar-refractivity contribution < 1.29 is 9.53 Å². The number of anilines is 4. The fraction of sp³-hybridized carbons (Fsp3) is 0.167. The molecule has 0 bridgehead atoms. The minimum atomic E-state index is -0.0819. The summed E-state index contributed by atoms with van der Waals surface area (Å²) in [5.41, 5.74) is 8.46. The molecule has 34 heavy (non-hydrogen) atoms. The van der Waals surface area contributed by atoms with E-state index in [-0.39, 0.29) is 17.3 Å². The summed E-state index contributed by atoms with van der Waals surface area (Å²) in [6, 6.07) is 14.1. The van der Waals surface area contributed by atoms with Crippen LogP contribution in [-0.4, -0.2) is 42.1 Å². The summed E-state index contributed by atoms with van der Waals surface area (Å²) >= 11 is 0. The molecule has 0 amide bonds. The number of ketones is 1. The van der Waals surface area contributed by atoms with E-state index < -0.39 is 0 Å². The van der Waals surface area contributed by atoms with E-state index in [1.165, 1.54) is 19.6 Å². The van der Waals surface area contributed by atoms with Crippen LogP contribution >= 0.6 is 0 Å².